The van der Waals surface area contributed by atoms with Crippen molar-refractivity contribution >= 4 is 34.3 Å². The van der Waals surface area contributed by atoms with Crippen LogP contribution in [0.4, 0.5) is 17.3 Å². The summed E-state index contributed by atoms with van der Waals surface area (Å²) in [5, 5.41) is 15.1. The maximum Gasteiger partial charge on any atom is 0.256 e. The molecule has 2 aromatic carbocycles. The minimum absolute atomic E-state index is 0.286. The number of aromatic nitrogens is 5. The molecule has 5 aromatic rings. The summed E-state index contributed by atoms with van der Waals surface area (Å²) in [5.41, 5.74) is 3.78. The first-order chi connectivity index (χ1) is 15.6. The highest BCUT2D eigenvalue weighted by Gasteiger charge is 2.14. The van der Waals surface area contributed by atoms with E-state index >= 15 is 0 Å². The zero-order valence-corrected chi connectivity index (χ0v) is 17.4. The Morgan fingerprint density at radius 1 is 1.03 bits per heavy atom. The summed E-state index contributed by atoms with van der Waals surface area (Å²) in [6.45, 7) is 3.72. The van der Waals surface area contributed by atoms with Gasteiger partial charge in [0.15, 0.2) is 11.5 Å². The van der Waals surface area contributed by atoms with Gasteiger partial charge in [-0.3, -0.25) is 4.79 Å². The molecule has 0 aliphatic rings. The van der Waals surface area contributed by atoms with Gasteiger partial charge in [-0.2, -0.15) is 5.10 Å². The molecular weight excluding hydrogens is 406 g/mol. The minimum atomic E-state index is -0.286. The number of hydrogen-bond acceptors (Lipinski definition) is 7. The van der Waals surface area contributed by atoms with Crippen molar-refractivity contribution < 1.29 is 9.32 Å². The van der Waals surface area contributed by atoms with Crippen molar-refractivity contribution in [3.8, 4) is 5.69 Å². The SMILES string of the molecule is Cc1cc(NC(=O)c2ccc(C)c(Nc3ncnc4c3cnn4-c3ccccc3)c2)no1. The average molecular weight is 425 g/mol. The van der Waals surface area contributed by atoms with E-state index in [9.17, 15) is 4.79 Å². The molecule has 0 radical (unpaired) electrons. The summed E-state index contributed by atoms with van der Waals surface area (Å²) in [6.07, 6.45) is 3.22. The van der Waals surface area contributed by atoms with Crippen molar-refractivity contribution in [1.82, 2.24) is 24.9 Å². The van der Waals surface area contributed by atoms with Gasteiger partial charge in [-0.25, -0.2) is 14.6 Å². The van der Waals surface area contributed by atoms with Crippen LogP contribution in [0.1, 0.15) is 21.7 Å². The van der Waals surface area contributed by atoms with E-state index in [0.29, 0.717) is 28.6 Å². The van der Waals surface area contributed by atoms with E-state index in [0.717, 1.165) is 22.3 Å². The number of rotatable bonds is 5. The molecule has 5 rings (SSSR count). The van der Waals surface area contributed by atoms with Gasteiger partial charge >= 0.3 is 0 Å². The number of nitrogens with zero attached hydrogens (tertiary/aromatic N) is 5. The molecule has 0 unspecified atom stereocenters. The molecule has 3 aromatic heterocycles. The van der Waals surface area contributed by atoms with E-state index in [1.807, 2.05) is 43.3 Å². The van der Waals surface area contributed by atoms with Crippen LogP contribution in [0.25, 0.3) is 16.7 Å². The van der Waals surface area contributed by atoms with Crippen molar-refractivity contribution in [2.75, 3.05) is 10.6 Å². The molecule has 3 heterocycles. The Hall–Kier alpha value is -4.53. The number of fused-ring (bicyclic) bond motifs is 1. The lowest BCUT2D eigenvalue weighted by Crippen LogP contribution is -2.12. The van der Waals surface area contributed by atoms with Crippen molar-refractivity contribution in [3.63, 3.8) is 0 Å². The zero-order chi connectivity index (χ0) is 22.1. The first kappa shape index (κ1) is 19.4. The summed E-state index contributed by atoms with van der Waals surface area (Å²) in [4.78, 5) is 21.5. The van der Waals surface area contributed by atoms with Crippen LogP contribution >= 0.6 is 0 Å². The van der Waals surface area contributed by atoms with Gasteiger partial charge < -0.3 is 15.2 Å². The predicted octanol–water partition coefficient (Wildman–Crippen LogP) is 4.42. The number of amides is 1. The van der Waals surface area contributed by atoms with Crippen molar-refractivity contribution in [1.29, 1.82) is 0 Å². The molecule has 0 fully saturated rings. The van der Waals surface area contributed by atoms with Gasteiger partial charge in [0.1, 0.15) is 17.9 Å². The van der Waals surface area contributed by atoms with E-state index < -0.39 is 0 Å². The Kier molecular flexibility index (Phi) is 4.83. The van der Waals surface area contributed by atoms with Crippen LogP contribution in [0.15, 0.2) is 71.6 Å². The van der Waals surface area contributed by atoms with Crippen LogP contribution in [-0.4, -0.2) is 30.8 Å². The molecule has 2 N–H and O–H groups in total. The number of carbonyl (C=O) groups excluding carboxylic acids is 1. The summed E-state index contributed by atoms with van der Waals surface area (Å²) in [5.74, 6) is 1.31. The normalized spacial score (nSPS) is 10.9. The monoisotopic (exact) mass is 425 g/mol. The fourth-order valence-corrected chi connectivity index (χ4v) is 3.34. The van der Waals surface area contributed by atoms with Gasteiger partial charge in [0.25, 0.3) is 5.91 Å². The van der Waals surface area contributed by atoms with Crippen LogP contribution in [0.3, 0.4) is 0 Å². The lowest BCUT2D eigenvalue weighted by molar-refractivity contribution is 0.102. The van der Waals surface area contributed by atoms with Gasteiger partial charge in [0.2, 0.25) is 0 Å². The molecule has 9 heteroatoms. The number of nitrogens with one attached hydrogen (secondary N) is 2. The van der Waals surface area contributed by atoms with Crippen LogP contribution < -0.4 is 10.6 Å². The zero-order valence-electron chi connectivity index (χ0n) is 17.4. The molecule has 0 bridgehead atoms. The number of hydrogen-bond donors (Lipinski definition) is 2. The quantitative estimate of drug-likeness (QED) is 0.429. The Balaban J connectivity index is 1.46. The van der Waals surface area contributed by atoms with Crippen LogP contribution in [-0.2, 0) is 0 Å². The molecule has 0 aliphatic heterocycles. The number of para-hydroxylation sites is 1. The van der Waals surface area contributed by atoms with Crippen LogP contribution in [0.2, 0.25) is 0 Å². The third kappa shape index (κ3) is 3.67. The third-order valence-electron chi connectivity index (χ3n) is 4.99. The van der Waals surface area contributed by atoms with E-state index in [-0.39, 0.29) is 5.91 Å². The Labute approximate surface area is 183 Å². The Morgan fingerprint density at radius 3 is 2.66 bits per heavy atom. The summed E-state index contributed by atoms with van der Waals surface area (Å²) in [7, 11) is 0. The lowest BCUT2D eigenvalue weighted by atomic mass is 10.1. The van der Waals surface area contributed by atoms with Gasteiger partial charge in [0, 0.05) is 17.3 Å². The second-order valence-electron chi connectivity index (χ2n) is 7.28. The molecule has 0 saturated carbocycles. The summed E-state index contributed by atoms with van der Waals surface area (Å²) >= 11 is 0. The second-order valence-corrected chi connectivity index (χ2v) is 7.28. The molecule has 0 saturated heterocycles. The molecule has 0 aliphatic carbocycles. The van der Waals surface area contributed by atoms with E-state index in [1.54, 1.807) is 36.0 Å². The Morgan fingerprint density at radius 2 is 1.88 bits per heavy atom. The van der Waals surface area contributed by atoms with Gasteiger partial charge in [-0.15, -0.1) is 0 Å². The van der Waals surface area contributed by atoms with E-state index in [4.69, 9.17) is 4.52 Å². The molecule has 158 valence electrons. The smallest absolute Gasteiger partial charge is 0.256 e. The highest BCUT2D eigenvalue weighted by Crippen LogP contribution is 2.27. The first-order valence-corrected chi connectivity index (χ1v) is 9.95. The van der Waals surface area contributed by atoms with Gasteiger partial charge in [0.05, 0.1) is 17.3 Å². The maximum absolute atomic E-state index is 12.7. The van der Waals surface area contributed by atoms with Crippen LogP contribution in [0.5, 0.6) is 0 Å². The predicted molar refractivity (Wildman–Crippen MR) is 120 cm³/mol. The maximum atomic E-state index is 12.7. The molecule has 0 atom stereocenters. The van der Waals surface area contributed by atoms with E-state index in [2.05, 4.69) is 30.9 Å². The number of carbonyl (C=O) groups is 1. The number of anilines is 3. The highest BCUT2D eigenvalue weighted by atomic mass is 16.5. The lowest BCUT2D eigenvalue weighted by Gasteiger charge is -2.11. The van der Waals surface area contributed by atoms with Gasteiger partial charge in [-0.05, 0) is 43.7 Å². The fourth-order valence-electron chi connectivity index (χ4n) is 3.34. The van der Waals surface area contributed by atoms with Gasteiger partial charge in [-0.1, -0.05) is 29.4 Å². The highest BCUT2D eigenvalue weighted by molar-refractivity contribution is 6.04. The van der Waals surface area contributed by atoms with Crippen LogP contribution in [0, 0.1) is 13.8 Å². The molecular formula is C23H19N7O2. The second kappa shape index (κ2) is 7.95. The molecule has 9 nitrogen and oxygen atoms in total. The van der Waals surface area contributed by atoms with Crippen molar-refractivity contribution in [2.24, 2.45) is 0 Å². The molecule has 32 heavy (non-hydrogen) atoms. The van der Waals surface area contributed by atoms with E-state index in [1.165, 1.54) is 6.33 Å². The minimum Gasteiger partial charge on any atom is -0.360 e. The summed E-state index contributed by atoms with van der Waals surface area (Å²) < 4.78 is 6.76. The number of benzene rings is 2. The topological polar surface area (TPSA) is 111 Å². The Bertz CT molecular complexity index is 1420. The summed E-state index contributed by atoms with van der Waals surface area (Å²) in [6, 6.07) is 16.8. The molecule has 0 spiro atoms. The third-order valence-corrected chi connectivity index (χ3v) is 4.99. The van der Waals surface area contributed by atoms with Crippen molar-refractivity contribution in [2.45, 2.75) is 13.8 Å². The first-order valence-electron chi connectivity index (χ1n) is 9.95. The largest absolute Gasteiger partial charge is 0.360 e. The standard InChI is InChI=1S/C23H19N7O2/c1-14-8-9-16(23(31)28-20-10-15(2)32-29-20)11-19(14)27-21-18-12-26-30(22(18)25-13-24-21)17-6-4-3-5-7-17/h3-13H,1-2H3,(H,24,25,27)(H,28,29,31). The average Bonchev–Trinajstić information content (AvgIpc) is 3.42. The fraction of sp³-hybridized carbons (Fsp3) is 0.0870. The van der Waals surface area contributed by atoms with Crippen molar-refractivity contribution in [3.05, 3.63) is 84.0 Å². The molecule has 1 amide bonds. The number of aryl methyl sites for hydroxylation is 2.